The number of nitrogens with zero attached hydrogens (tertiary/aromatic N) is 1. The number of rotatable bonds is 7. The normalized spacial score (nSPS) is 15.5. The zero-order valence-corrected chi connectivity index (χ0v) is 19.5. The quantitative estimate of drug-likeness (QED) is 0.549. The molecule has 3 N–H and O–H groups in total. The second-order valence-electron chi connectivity index (χ2n) is 7.31. The zero-order valence-electron chi connectivity index (χ0n) is 17.1. The average molecular weight is 495 g/mol. The first-order chi connectivity index (χ1) is 14.3. The van der Waals surface area contributed by atoms with Gasteiger partial charge in [-0.05, 0) is 55.8 Å². The first kappa shape index (κ1) is 22.6. The van der Waals surface area contributed by atoms with Gasteiger partial charge in [-0.2, -0.15) is 0 Å². The summed E-state index contributed by atoms with van der Waals surface area (Å²) in [5, 5.41) is 6.29. The number of carbonyl (C=O) groups is 1. The molecule has 3 rings (SSSR count). The lowest BCUT2D eigenvalue weighted by atomic mass is 10.1. The second kappa shape index (κ2) is 9.80. The van der Waals surface area contributed by atoms with Gasteiger partial charge in [-0.3, -0.25) is 9.52 Å². The summed E-state index contributed by atoms with van der Waals surface area (Å²) in [6.07, 6.45) is 0.810. The van der Waals surface area contributed by atoms with Crippen LogP contribution in [0.15, 0.2) is 51.8 Å². The van der Waals surface area contributed by atoms with Gasteiger partial charge < -0.3 is 15.5 Å². The van der Waals surface area contributed by atoms with E-state index in [1.807, 2.05) is 19.9 Å². The van der Waals surface area contributed by atoms with Crippen LogP contribution >= 0.6 is 15.9 Å². The number of halogens is 1. The van der Waals surface area contributed by atoms with E-state index in [-0.39, 0.29) is 16.8 Å². The molecule has 1 saturated heterocycles. The number of hydrogen-bond acceptors (Lipinski definition) is 5. The molecular weight excluding hydrogens is 468 g/mol. The Kier molecular flexibility index (Phi) is 7.38. The van der Waals surface area contributed by atoms with Crippen LogP contribution in [-0.2, 0) is 10.0 Å². The van der Waals surface area contributed by atoms with E-state index in [1.54, 1.807) is 24.3 Å². The molecule has 30 heavy (non-hydrogen) atoms. The van der Waals surface area contributed by atoms with Crippen LogP contribution in [0.4, 0.5) is 11.4 Å². The van der Waals surface area contributed by atoms with E-state index in [1.165, 1.54) is 12.1 Å². The van der Waals surface area contributed by atoms with Gasteiger partial charge >= 0.3 is 0 Å². The predicted molar refractivity (Wildman–Crippen MR) is 124 cm³/mol. The maximum atomic E-state index is 13.0. The van der Waals surface area contributed by atoms with E-state index in [4.69, 9.17) is 0 Å². The van der Waals surface area contributed by atoms with E-state index in [0.717, 1.165) is 42.8 Å². The molecule has 162 valence electrons. The number of piperazine rings is 1. The third-order valence-electron chi connectivity index (χ3n) is 5.06. The van der Waals surface area contributed by atoms with Crippen molar-refractivity contribution in [3.05, 3.63) is 52.5 Å². The van der Waals surface area contributed by atoms with Gasteiger partial charge in [0.1, 0.15) is 0 Å². The van der Waals surface area contributed by atoms with Gasteiger partial charge in [-0.1, -0.05) is 22.9 Å². The molecule has 7 nitrogen and oxygen atoms in total. The van der Waals surface area contributed by atoms with Gasteiger partial charge in [0.05, 0.1) is 10.5 Å². The fourth-order valence-corrected chi connectivity index (χ4v) is 4.51. The van der Waals surface area contributed by atoms with Crippen LogP contribution in [0.5, 0.6) is 0 Å². The molecule has 0 unspecified atom stereocenters. The molecule has 1 aliphatic rings. The van der Waals surface area contributed by atoms with E-state index >= 15 is 0 Å². The lowest BCUT2D eigenvalue weighted by Gasteiger charge is -2.31. The van der Waals surface area contributed by atoms with Crippen LogP contribution in [-0.4, -0.2) is 46.5 Å². The van der Waals surface area contributed by atoms with Crippen molar-refractivity contribution < 1.29 is 13.2 Å². The Morgan fingerprint density at radius 3 is 2.47 bits per heavy atom. The number of anilines is 2. The fourth-order valence-electron chi connectivity index (χ4n) is 3.19. The third-order valence-corrected chi connectivity index (χ3v) is 6.99. The van der Waals surface area contributed by atoms with Crippen molar-refractivity contribution in [1.82, 2.24) is 10.6 Å². The first-order valence-corrected chi connectivity index (χ1v) is 12.3. The summed E-state index contributed by atoms with van der Waals surface area (Å²) >= 11 is 3.31. The SMILES string of the molecule is CC[C@H](C)NC(=O)c1cc(NS(=O)(=O)c2ccc(Br)cc2)ccc1N1CCNCC1. The minimum atomic E-state index is -3.76. The highest BCUT2D eigenvalue weighted by Crippen LogP contribution is 2.27. The summed E-state index contributed by atoms with van der Waals surface area (Å²) in [6.45, 7) is 7.20. The summed E-state index contributed by atoms with van der Waals surface area (Å²) < 4.78 is 28.9. The third kappa shape index (κ3) is 5.53. The van der Waals surface area contributed by atoms with Gasteiger partial charge in [-0.15, -0.1) is 0 Å². The maximum Gasteiger partial charge on any atom is 0.261 e. The number of hydrogen-bond donors (Lipinski definition) is 3. The minimum absolute atomic E-state index is 0.0245. The van der Waals surface area contributed by atoms with Crippen LogP contribution in [0.25, 0.3) is 0 Å². The second-order valence-corrected chi connectivity index (χ2v) is 9.91. The van der Waals surface area contributed by atoms with Crippen LogP contribution < -0.4 is 20.3 Å². The molecular formula is C21H27BrN4O3S. The summed E-state index contributed by atoms with van der Waals surface area (Å²) in [5.74, 6) is -0.206. The molecule has 0 aromatic heterocycles. The number of sulfonamides is 1. The lowest BCUT2D eigenvalue weighted by Crippen LogP contribution is -2.44. The number of amides is 1. The lowest BCUT2D eigenvalue weighted by molar-refractivity contribution is 0.0939. The largest absolute Gasteiger partial charge is 0.368 e. The topological polar surface area (TPSA) is 90.5 Å². The molecule has 0 radical (unpaired) electrons. The number of carbonyl (C=O) groups excluding carboxylic acids is 1. The Hall–Kier alpha value is -2.10. The summed E-state index contributed by atoms with van der Waals surface area (Å²) in [4.78, 5) is 15.3. The van der Waals surface area contributed by atoms with E-state index in [9.17, 15) is 13.2 Å². The van der Waals surface area contributed by atoms with E-state index in [0.29, 0.717) is 11.3 Å². The molecule has 1 heterocycles. The molecule has 0 saturated carbocycles. The molecule has 1 atom stereocenters. The van der Waals surface area contributed by atoms with Crippen molar-refractivity contribution in [2.75, 3.05) is 35.8 Å². The molecule has 2 aromatic rings. The monoisotopic (exact) mass is 494 g/mol. The number of nitrogens with one attached hydrogen (secondary N) is 3. The molecule has 0 bridgehead atoms. The van der Waals surface area contributed by atoms with Crippen LogP contribution in [0.1, 0.15) is 30.6 Å². The molecule has 9 heteroatoms. The van der Waals surface area contributed by atoms with Gasteiger partial charge in [0.2, 0.25) is 0 Å². The van der Waals surface area contributed by atoms with Crippen molar-refractivity contribution in [3.8, 4) is 0 Å². The van der Waals surface area contributed by atoms with E-state index < -0.39 is 10.0 Å². The Balaban J connectivity index is 1.92. The highest BCUT2D eigenvalue weighted by molar-refractivity contribution is 9.10. The summed E-state index contributed by atoms with van der Waals surface area (Å²) in [7, 11) is -3.76. The fraction of sp³-hybridized carbons (Fsp3) is 0.381. The molecule has 1 aliphatic heterocycles. The van der Waals surface area contributed by atoms with Gasteiger partial charge in [-0.25, -0.2) is 8.42 Å². The zero-order chi connectivity index (χ0) is 21.7. The summed E-state index contributed by atoms with van der Waals surface area (Å²) in [5.41, 5.74) is 1.63. The maximum absolute atomic E-state index is 13.0. The van der Waals surface area contributed by atoms with Crippen molar-refractivity contribution >= 4 is 43.2 Å². The van der Waals surface area contributed by atoms with Crippen LogP contribution in [0, 0.1) is 0 Å². The Morgan fingerprint density at radius 2 is 1.83 bits per heavy atom. The van der Waals surface area contributed by atoms with Crippen molar-refractivity contribution in [2.45, 2.75) is 31.2 Å². The van der Waals surface area contributed by atoms with Crippen molar-refractivity contribution in [1.29, 1.82) is 0 Å². The molecule has 0 aliphatic carbocycles. The Labute approximate surface area is 186 Å². The smallest absolute Gasteiger partial charge is 0.261 e. The highest BCUT2D eigenvalue weighted by atomic mass is 79.9. The molecule has 1 amide bonds. The highest BCUT2D eigenvalue weighted by Gasteiger charge is 2.21. The number of benzene rings is 2. The van der Waals surface area contributed by atoms with E-state index in [2.05, 4.69) is 36.2 Å². The molecule has 1 fully saturated rings. The average Bonchev–Trinajstić information content (AvgIpc) is 2.74. The van der Waals surface area contributed by atoms with Gasteiger partial charge in [0.15, 0.2) is 0 Å². The Morgan fingerprint density at radius 1 is 1.17 bits per heavy atom. The van der Waals surface area contributed by atoms with Crippen molar-refractivity contribution in [2.24, 2.45) is 0 Å². The van der Waals surface area contributed by atoms with Gasteiger partial charge in [0, 0.05) is 48.1 Å². The van der Waals surface area contributed by atoms with Crippen molar-refractivity contribution in [3.63, 3.8) is 0 Å². The first-order valence-electron chi connectivity index (χ1n) is 9.99. The van der Waals surface area contributed by atoms with Crippen LogP contribution in [0.3, 0.4) is 0 Å². The standard InChI is InChI=1S/C21H27BrN4O3S/c1-3-15(2)24-21(27)19-14-17(6-9-20(19)26-12-10-23-11-13-26)25-30(28,29)18-7-4-16(22)5-8-18/h4-9,14-15,23,25H,3,10-13H2,1-2H3,(H,24,27)/t15-/m0/s1. The summed E-state index contributed by atoms with van der Waals surface area (Å²) in [6, 6.07) is 11.6. The minimum Gasteiger partial charge on any atom is -0.368 e. The molecule has 2 aromatic carbocycles. The predicted octanol–water partition coefficient (Wildman–Crippen LogP) is 3.19. The van der Waals surface area contributed by atoms with Crippen LogP contribution in [0.2, 0.25) is 0 Å². The Bertz CT molecular complexity index is 990. The van der Waals surface area contributed by atoms with Gasteiger partial charge in [0.25, 0.3) is 15.9 Å². The molecule has 0 spiro atoms.